The molecule has 8 heteroatoms. The first-order chi connectivity index (χ1) is 13.3. The van der Waals surface area contributed by atoms with Gasteiger partial charge in [0.1, 0.15) is 32.2 Å². The molecular weight excluding hydrogens is 504 g/mol. The number of halogens is 6. The first-order valence-electron chi connectivity index (χ1n) is 8.13. The maximum absolute atomic E-state index is 14.1. The van der Waals surface area contributed by atoms with Crippen molar-refractivity contribution < 1.29 is 17.6 Å². The fourth-order valence-electron chi connectivity index (χ4n) is 3.02. The fraction of sp³-hybridized carbons (Fsp3) is 0.100. The van der Waals surface area contributed by atoms with Crippen LogP contribution in [0.1, 0.15) is 11.1 Å². The zero-order valence-corrected chi connectivity index (χ0v) is 17.2. The minimum absolute atomic E-state index is 0.0405. The maximum Gasteiger partial charge on any atom is 0.166 e. The molecule has 0 saturated carbocycles. The van der Waals surface area contributed by atoms with Crippen molar-refractivity contribution in [3.63, 3.8) is 0 Å². The van der Waals surface area contributed by atoms with Gasteiger partial charge in [0.05, 0.1) is 11.3 Å². The minimum Gasteiger partial charge on any atom is -0.228 e. The van der Waals surface area contributed by atoms with Gasteiger partial charge in [0.15, 0.2) is 5.84 Å². The number of aliphatic imine (C=N–C) groups is 2. The van der Waals surface area contributed by atoms with E-state index in [0.717, 1.165) is 12.1 Å². The Morgan fingerprint density at radius 3 is 1.96 bits per heavy atom. The summed E-state index contributed by atoms with van der Waals surface area (Å²) in [6.07, 6.45) is 3.20. The van der Waals surface area contributed by atoms with Crippen LogP contribution in [0.15, 0.2) is 69.8 Å². The zero-order chi connectivity index (χ0) is 20.1. The molecule has 1 aliphatic carbocycles. The van der Waals surface area contributed by atoms with E-state index in [0.29, 0.717) is 17.0 Å². The average Bonchev–Trinajstić information content (AvgIpc) is 3.05. The third kappa shape index (κ3) is 3.18. The van der Waals surface area contributed by atoms with Crippen LogP contribution < -0.4 is 0 Å². The molecule has 4 rings (SSSR count). The molecule has 0 atom stereocenters. The van der Waals surface area contributed by atoms with Gasteiger partial charge >= 0.3 is 0 Å². The van der Waals surface area contributed by atoms with Gasteiger partial charge < -0.3 is 0 Å². The Kier molecular flexibility index (Phi) is 4.87. The molecule has 0 fully saturated rings. The van der Waals surface area contributed by atoms with Gasteiger partial charge in [-0.2, -0.15) is 0 Å². The Morgan fingerprint density at radius 1 is 0.786 bits per heavy atom. The van der Waals surface area contributed by atoms with E-state index in [2.05, 4.69) is 41.8 Å². The molecule has 0 unspecified atom stereocenters. The van der Waals surface area contributed by atoms with Crippen LogP contribution in [0.25, 0.3) is 0 Å². The molecule has 0 bridgehead atoms. The lowest BCUT2D eigenvalue weighted by Gasteiger charge is -2.27. The van der Waals surface area contributed by atoms with Gasteiger partial charge in [-0.3, -0.25) is 0 Å². The van der Waals surface area contributed by atoms with E-state index in [1.54, 1.807) is 12.2 Å². The second kappa shape index (κ2) is 7.08. The number of nitrogens with zero attached hydrogens (tertiary/aromatic N) is 2. The Bertz CT molecular complexity index is 1080. The molecule has 0 amide bonds. The third-order valence-corrected chi connectivity index (χ3v) is 6.21. The van der Waals surface area contributed by atoms with Crippen molar-refractivity contribution in [2.75, 3.05) is 0 Å². The summed E-state index contributed by atoms with van der Waals surface area (Å²) in [5.74, 6) is -2.99. The van der Waals surface area contributed by atoms with Gasteiger partial charge in [-0.15, -0.1) is 0 Å². The van der Waals surface area contributed by atoms with Crippen LogP contribution in [0.3, 0.4) is 0 Å². The molecule has 0 N–H and O–H groups in total. The molecule has 0 spiro atoms. The molecule has 1 aliphatic heterocycles. The average molecular weight is 514 g/mol. The lowest BCUT2D eigenvalue weighted by Crippen LogP contribution is -2.31. The van der Waals surface area contributed by atoms with E-state index in [9.17, 15) is 17.6 Å². The van der Waals surface area contributed by atoms with Crippen LogP contribution >= 0.6 is 31.9 Å². The van der Waals surface area contributed by atoms with E-state index in [1.807, 2.05) is 0 Å². The van der Waals surface area contributed by atoms with Crippen LogP contribution in [0.2, 0.25) is 0 Å². The highest BCUT2D eigenvalue weighted by Gasteiger charge is 2.41. The Hall–Kier alpha value is -2.06. The summed E-state index contributed by atoms with van der Waals surface area (Å²) in [6.45, 7) is 0. The number of hydrogen-bond donors (Lipinski definition) is 0. The van der Waals surface area contributed by atoms with Gasteiger partial charge in [0, 0.05) is 12.0 Å². The van der Waals surface area contributed by atoms with E-state index < -0.39 is 26.5 Å². The number of rotatable bonds is 3. The van der Waals surface area contributed by atoms with Crippen molar-refractivity contribution >= 4 is 43.4 Å². The summed E-state index contributed by atoms with van der Waals surface area (Å²) < 4.78 is 55.2. The summed E-state index contributed by atoms with van der Waals surface area (Å²) in [4.78, 5) is 8.50. The van der Waals surface area contributed by atoms with Gasteiger partial charge in [-0.1, -0.05) is 50.1 Å². The number of hydrogen-bond acceptors (Lipinski definition) is 2. The standard InChI is InChI=1S/C20H10Br2F4N2/c21-20(22)10(9-11-12(23)3-1-4-13(11)24)7-8-16-18(20)28-19(27-16)17-14(25)5-2-6-15(17)26/h1-8H,9H2. The van der Waals surface area contributed by atoms with Crippen LogP contribution in [0, 0.1) is 23.3 Å². The van der Waals surface area contributed by atoms with Crippen LogP contribution in [-0.2, 0) is 6.42 Å². The molecule has 2 aromatic carbocycles. The number of amidine groups is 1. The normalized spacial score (nSPS) is 17.5. The van der Waals surface area contributed by atoms with Crippen molar-refractivity contribution in [1.82, 2.24) is 0 Å². The molecule has 2 nitrogen and oxygen atoms in total. The van der Waals surface area contributed by atoms with E-state index in [4.69, 9.17) is 0 Å². The molecule has 2 aliphatic rings. The predicted molar refractivity (Wildman–Crippen MR) is 107 cm³/mol. The lowest BCUT2D eigenvalue weighted by atomic mass is 9.94. The molecule has 142 valence electrons. The van der Waals surface area contributed by atoms with E-state index in [1.165, 1.54) is 24.3 Å². The molecule has 0 saturated heterocycles. The van der Waals surface area contributed by atoms with Crippen LogP contribution in [0.4, 0.5) is 17.6 Å². The Balaban J connectivity index is 1.72. The fourth-order valence-corrected chi connectivity index (χ4v) is 4.15. The van der Waals surface area contributed by atoms with Gasteiger partial charge in [0.2, 0.25) is 0 Å². The summed E-state index contributed by atoms with van der Waals surface area (Å²) in [6, 6.07) is 7.16. The zero-order valence-electron chi connectivity index (χ0n) is 14.0. The first-order valence-corrected chi connectivity index (χ1v) is 9.72. The number of allylic oxidation sites excluding steroid dienone is 4. The van der Waals surface area contributed by atoms with Gasteiger partial charge in [0.25, 0.3) is 0 Å². The Morgan fingerprint density at radius 2 is 1.36 bits per heavy atom. The van der Waals surface area contributed by atoms with Gasteiger partial charge in [-0.25, -0.2) is 27.5 Å². The minimum atomic E-state index is -1.09. The highest BCUT2D eigenvalue weighted by atomic mass is 79.9. The molecule has 28 heavy (non-hydrogen) atoms. The molecule has 0 radical (unpaired) electrons. The van der Waals surface area contributed by atoms with E-state index in [-0.39, 0.29) is 23.4 Å². The summed E-state index contributed by atoms with van der Waals surface area (Å²) in [5, 5.41) is 0. The lowest BCUT2D eigenvalue weighted by molar-refractivity contribution is 0.560. The summed E-state index contributed by atoms with van der Waals surface area (Å²) in [5.41, 5.74) is 0.879. The highest BCUT2D eigenvalue weighted by Crippen LogP contribution is 2.45. The van der Waals surface area contributed by atoms with Crippen molar-refractivity contribution in [3.05, 3.63) is 94.2 Å². The van der Waals surface area contributed by atoms with Crippen molar-refractivity contribution in [2.24, 2.45) is 9.98 Å². The predicted octanol–water partition coefficient (Wildman–Crippen LogP) is 6.00. The monoisotopic (exact) mass is 512 g/mol. The molecule has 0 aromatic heterocycles. The first kappa shape index (κ1) is 19.3. The topological polar surface area (TPSA) is 24.7 Å². The number of fused-ring (bicyclic) bond motifs is 1. The number of benzene rings is 2. The van der Waals surface area contributed by atoms with Crippen LogP contribution in [-0.4, -0.2) is 14.8 Å². The van der Waals surface area contributed by atoms with Crippen LogP contribution in [0.5, 0.6) is 0 Å². The molecule has 2 aromatic rings. The van der Waals surface area contributed by atoms with E-state index >= 15 is 0 Å². The number of alkyl halides is 2. The van der Waals surface area contributed by atoms with Gasteiger partial charge in [-0.05, 0) is 35.9 Å². The Labute approximate surface area is 174 Å². The molecular formula is C20H10Br2F4N2. The SMILES string of the molecule is Fc1cccc(F)c1CC1=CC=C2N=C(c3c(F)cccc3F)N=C2C1(Br)Br. The quantitative estimate of drug-likeness (QED) is 0.355. The second-order valence-corrected chi connectivity index (χ2v) is 9.63. The second-order valence-electron chi connectivity index (χ2n) is 6.19. The van der Waals surface area contributed by atoms with Crippen molar-refractivity contribution in [1.29, 1.82) is 0 Å². The summed E-state index contributed by atoms with van der Waals surface area (Å²) in [7, 11) is 0. The third-order valence-electron chi connectivity index (χ3n) is 4.45. The largest absolute Gasteiger partial charge is 0.228 e. The van der Waals surface area contributed by atoms with Crippen molar-refractivity contribution in [3.8, 4) is 0 Å². The summed E-state index contributed by atoms with van der Waals surface area (Å²) >= 11 is 6.96. The molecule has 1 heterocycles. The smallest absolute Gasteiger partial charge is 0.166 e. The highest BCUT2D eigenvalue weighted by molar-refractivity contribution is 9.26. The maximum atomic E-state index is 14.1. The van der Waals surface area contributed by atoms with Crippen molar-refractivity contribution in [2.45, 2.75) is 9.65 Å².